The van der Waals surface area contributed by atoms with Gasteiger partial charge in [0.05, 0.1) is 24.7 Å². The fourth-order valence-electron chi connectivity index (χ4n) is 9.16. The summed E-state index contributed by atoms with van der Waals surface area (Å²) in [7, 11) is 1.72. The zero-order valence-corrected chi connectivity index (χ0v) is 34.3. The minimum absolute atomic E-state index is 0.00195. The molecule has 2 bridgehead atoms. The van der Waals surface area contributed by atoms with Gasteiger partial charge in [0.25, 0.3) is 0 Å². The lowest BCUT2D eigenvalue weighted by Gasteiger charge is -2.33. The van der Waals surface area contributed by atoms with E-state index in [0.717, 1.165) is 73.6 Å². The smallest absolute Gasteiger partial charge is 0.186 e. The molecule has 0 aromatic heterocycles. The molecule has 0 amide bonds. The van der Waals surface area contributed by atoms with E-state index in [1.54, 1.807) is 13.2 Å². The van der Waals surface area contributed by atoms with E-state index in [1.807, 2.05) is 31.2 Å². The van der Waals surface area contributed by atoms with Crippen molar-refractivity contribution < 1.29 is 29.6 Å². The molecule has 0 saturated heterocycles. The van der Waals surface area contributed by atoms with Crippen molar-refractivity contribution in [2.75, 3.05) is 26.9 Å². The van der Waals surface area contributed by atoms with E-state index < -0.39 is 0 Å². The molecule has 9 heteroatoms. The largest absolute Gasteiger partial charge is 0.504 e. The Labute approximate surface area is 340 Å². The van der Waals surface area contributed by atoms with E-state index in [-0.39, 0.29) is 78.9 Å². The molecular weight excluding hydrogens is 715 g/mol. The van der Waals surface area contributed by atoms with Gasteiger partial charge in [0, 0.05) is 50.2 Å². The second-order valence-corrected chi connectivity index (χ2v) is 16.5. The number of ether oxygens (including phenoxy) is 2. The number of methoxy groups -OCH3 is 1. The minimum Gasteiger partial charge on any atom is -0.504 e. The predicted molar refractivity (Wildman–Crippen MR) is 227 cm³/mol. The number of nitrogens with zero attached hydrogens (tertiary/aromatic N) is 1. The summed E-state index contributed by atoms with van der Waals surface area (Å²) in [5, 5.41) is 32.3. The first-order valence-corrected chi connectivity index (χ1v) is 21.3. The number of aliphatic hydroxyl groups is 2. The Balaban J connectivity index is 1.74. The number of carbonyl (C=O) groups is 1. The third-order valence-electron chi connectivity index (χ3n) is 12.3. The van der Waals surface area contributed by atoms with Crippen molar-refractivity contribution in [3.63, 3.8) is 0 Å². The molecule has 9 nitrogen and oxygen atoms in total. The number of aliphatic imine (C=N–C) groups is 1. The molecule has 0 unspecified atom stereocenters. The molecule has 4 aliphatic carbocycles. The Hall–Kier alpha value is -4.28. The van der Waals surface area contributed by atoms with Crippen LogP contribution >= 0.6 is 0 Å². The van der Waals surface area contributed by atoms with E-state index in [1.165, 1.54) is 0 Å². The van der Waals surface area contributed by atoms with Crippen molar-refractivity contribution in [3.8, 4) is 35.2 Å². The monoisotopic (exact) mass is 779 g/mol. The average molecular weight is 780 g/mol. The number of phenolic OH excluding ortho intramolecular Hbond substituents is 1. The Bertz CT molecular complexity index is 1810. The molecule has 57 heavy (non-hydrogen) atoms. The number of guanidine groups is 1. The van der Waals surface area contributed by atoms with Crippen LogP contribution in [0.15, 0.2) is 53.0 Å². The number of aliphatic hydroxyl groups excluding tert-OH is 2. The number of aryl methyl sites for hydroxylation is 1. The maximum Gasteiger partial charge on any atom is 0.186 e. The number of hydrogen-bond donors (Lipinski definition) is 5. The number of nitrogens with two attached hydrogens (primary N) is 2. The molecule has 0 radical (unpaired) electrons. The van der Waals surface area contributed by atoms with Gasteiger partial charge >= 0.3 is 0 Å². The van der Waals surface area contributed by atoms with Crippen LogP contribution in [0.3, 0.4) is 0 Å². The Morgan fingerprint density at radius 3 is 2.51 bits per heavy atom. The van der Waals surface area contributed by atoms with Crippen LogP contribution in [0.25, 0.3) is 0 Å². The van der Waals surface area contributed by atoms with Crippen molar-refractivity contribution in [1.82, 2.24) is 0 Å². The Morgan fingerprint density at radius 2 is 1.82 bits per heavy atom. The number of fused-ring (bicyclic) bond motifs is 8. The second-order valence-electron chi connectivity index (χ2n) is 16.5. The highest BCUT2D eigenvalue weighted by Crippen LogP contribution is 2.47. The maximum atomic E-state index is 13.7. The van der Waals surface area contributed by atoms with Crippen LogP contribution in [0.4, 0.5) is 0 Å². The van der Waals surface area contributed by atoms with Gasteiger partial charge in [-0.05, 0) is 130 Å². The lowest BCUT2D eigenvalue weighted by Crippen LogP contribution is -2.33. The van der Waals surface area contributed by atoms with Crippen LogP contribution in [0.2, 0.25) is 0 Å². The van der Waals surface area contributed by atoms with Gasteiger partial charge in [0.1, 0.15) is 0 Å². The molecule has 7 N–H and O–H groups in total. The first-order valence-electron chi connectivity index (χ1n) is 21.3. The number of aromatic hydroxyl groups is 1. The number of ketones is 1. The van der Waals surface area contributed by atoms with E-state index >= 15 is 0 Å². The van der Waals surface area contributed by atoms with Gasteiger partial charge < -0.3 is 36.3 Å². The predicted octanol–water partition coefficient (Wildman–Crippen LogP) is 6.97. The zero-order valence-electron chi connectivity index (χ0n) is 34.3. The molecule has 308 valence electrons. The van der Waals surface area contributed by atoms with Gasteiger partial charge in [-0.25, -0.2) is 4.99 Å². The number of hydrogen-bond acceptors (Lipinski definition) is 7. The third kappa shape index (κ3) is 12.1. The summed E-state index contributed by atoms with van der Waals surface area (Å²) < 4.78 is 12.6. The summed E-state index contributed by atoms with van der Waals surface area (Å²) in [6.45, 7) is 4.45. The summed E-state index contributed by atoms with van der Waals surface area (Å²) in [6, 6.07) is 11.9. The minimum atomic E-state index is -0.345. The standard InChI is InChI=1S/C48H65N3O6/c1-4-34(25-26-52)38(30-53)28-39(54)20-18-36-29-45(57-40-15-8-9-16-40)47(55)46-42(36)23-22-41-35(27-33-12-6-5-7-13-33)14-10-11-32(2)17-21-43(46)37(31-56-3)19-24-44(41)51-48(49)50/h5-7,12-13,28-29,32,34-35,37,40-41,43-44,52-53,55H,4,8-9,11,15-21,24-27,30-31H2,1-3H3,(H4,49,50,51)/t32-,34-,35-,37-,41+,43+,44-/m0/s1. The highest BCUT2D eigenvalue weighted by Gasteiger charge is 2.36. The van der Waals surface area contributed by atoms with E-state index in [2.05, 4.69) is 42.7 Å². The van der Waals surface area contributed by atoms with Crippen LogP contribution in [-0.2, 0) is 22.4 Å². The molecule has 1 fully saturated rings. The molecule has 0 aliphatic heterocycles. The quantitative estimate of drug-likeness (QED) is 0.0529. The Kier molecular flexibility index (Phi) is 16.9. The lowest BCUT2D eigenvalue weighted by atomic mass is 9.73. The fourth-order valence-corrected chi connectivity index (χ4v) is 9.16. The van der Waals surface area contributed by atoms with Crippen LogP contribution < -0.4 is 16.2 Å². The van der Waals surface area contributed by atoms with Gasteiger partial charge in [-0.15, -0.1) is 5.92 Å². The molecule has 2 aromatic carbocycles. The second kappa shape index (κ2) is 22.0. The van der Waals surface area contributed by atoms with Crippen LogP contribution in [-0.4, -0.2) is 66.1 Å². The van der Waals surface area contributed by atoms with Crippen molar-refractivity contribution >= 4 is 11.7 Å². The van der Waals surface area contributed by atoms with E-state index in [0.29, 0.717) is 56.0 Å². The third-order valence-corrected chi connectivity index (χ3v) is 12.3. The molecular formula is C48H65N3O6. The highest BCUT2D eigenvalue weighted by atomic mass is 16.5. The number of phenols is 1. The first-order chi connectivity index (χ1) is 27.6. The van der Waals surface area contributed by atoms with Gasteiger partial charge in [-0.3, -0.25) is 4.79 Å². The summed E-state index contributed by atoms with van der Waals surface area (Å²) in [5.74, 6) is 14.5. The Morgan fingerprint density at radius 1 is 1.05 bits per heavy atom. The topological polar surface area (TPSA) is 161 Å². The van der Waals surface area contributed by atoms with Gasteiger partial charge in [0.15, 0.2) is 23.2 Å². The van der Waals surface area contributed by atoms with Crippen LogP contribution in [0.5, 0.6) is 11.5 Å². The summed E-state index contributed by atoms with van der Waals surface area (Å²) >= 11 is 0. The molecule has 0 heterocycles. The summed E-state index contributed by atoms with van der Waals surface area (Å²) in [6.07, 6.45) is 11.8. The number of benzene rings is 2. The van der Waals surface area contributed by atoms with Crippen molar-refractivity contribution in [2.24, 2.45) is 46.0 Å². The first kappa shape index (κ1) is 43.8. The van der Waals surface area contributed by atoms with Crippen LogP contribution in [0.1, 0.15) is 119 Å². The van der Waals surface area contributed by atoms with Crippen molar-refractivity contribution in [1.29, 1.82) is 0 Å². The molecule has 7 atom stereocenters. The van der Waals surface area contributed by atoms with E-state index in [4.69, 9.17) is 25.9 Å². The molecule has 1 saturated carbocycles. The van der Waals surface area contributed by atoms with Gasteiger partial charge in [-0.2, -0.15) is 0 Å². The van der Waals surface area contributed by atoms with Gasteiger partial charge in [0.2, 0.25) is 0 Å². The van der Waals surface area contributed by atoms with E-state index in [9.17, 15) is 20.1 Å². The lowest BCUT2D eigenvalue weighted by molar-refractivity contribution is -0.114. The number of rotatable bonds is 16. The molecule has 6 rings (SSSR count). The molecule has 4 aliphatic rings. The zero-order chi connectivity index (χ0) is 40.7. The summed E-state index contributed by atoms with van der Waals surface area (Å²) in [4.78, 5) is 18.5. The van der Waals surface area contributed by atoms with Crippen LogP contribution in [0, 0.1) is 53.3 Å². The highest BCUT2D eigenvalue weighted by molar-refractivity contribution is 5.90. The fraction of sp³-hybridized carbons (Fsp3) is 0.583. The summed E-state index contributed by atoms with van der Waals surface area (Å²) in [5.41, 5.74) is 16.4. The van der Waals surface area contributed by atoms with Gasteiger partial charge in [-0.1, -0.05) is 61.9 Å². The molecule has 0 spiro atoms. The normalized spacial score (nSPS) is 24.5. The van der Waals surface area contributed by atoms with Crippen molar-refractivity contribution in [3.05, 3.63) is 70.3 Å². The maximum absolute atomic E-state index is 13.7. The number of allylic oxidation sites excluding steroid dienone is 1. The average Bonchev–Trinajstić information content (AvgIpc) is 3.72. The number of carbonyl (C=O) groups excluding carboxylic acids is 1. The van der Waals surface area contributed by atoms with Crippen molar-refractivity contribution in [2.45, 2.75) is 122 Å². The molecule has 2 aromatic rings. The SMILES string of the molecule is CC[C@@H](CCO)C(=CC(=O)CCc1cc(OC2CCCC2)c(O)c2c1C#C[C@H]1[C@@H](N=C(N)N)CC[C@@H](COC)[C@H]2CC[C@@H](C)CC#C[C@H]1Cc1ccccc1)CO.